The van der Waals surface area contributed by atoms with Crippen molar-refractivity contribution in [3.63, 3.8) is 0 Å². The van der Waals surface area contributed by atoms with Gasteiger partial charge in [-0.15, -0.1) is 0 Å². The van der Waals surface area contributed by atoms with Gasteiger partial charge >= 0.3 is 5.97 Å². The summed E-state index contributed by atoms with van der Waals surface area (Å²) >= 11 is 0. The zero-order valence-corrected chi connectivity index (χ0v) is 13.2. The van der Waals surface area contributed by atoms with Crippen LogP contribution >= 0.6 is 0 Å². The van der Waals surface area contributed by atoms with Crippen LogP contribution in [0.15, 0.2) is 6.07 Å². The van der Waals surface area contributed by atoms with Gasteiger partial charge in [0.2, 0.25) is 0 Å². The van der Waals surface area contributed by atoms with Crippen molar-refractivity contribution >= 4 is 11.9 Å². The number of piperidine rings is 1. The summed E-state index contributed by atoms with van der Waals surface area (Å²) < 4.78 is 2.12. The second-order valence-corrected chi connectivity index (χ2v) is 6.10. The van der Waals surface area contributed by atoms with Gasteiger partial charge in [-0.25, -0.2) is 4.79 Å². The second-order valence-electron chi connectivity index (χ2n) is 6.10. The average Bonchev–Trinajstić information content (AvgIpc) is 2.73. The predicted molar refractivity (Wildman–Crippen MR) is 80.6 cm³/mol. The third-order valence-corrected chi connectivity index (χ3v) is 4.28. The maximum Gasteiger partial charge on any atom is 0.326 e. The van der Waals surface area contributed by atoms with Gasteiger partial charge in [0.05, 0.1) is 5.56 Å². The molecule has 21 heavy (non-hydrogen) atoms. The summed E-state index contributed by atoms with van der Waals surface area (Å²) in [7, 11) is 0. The highest BCUT2D eigenvalue weighted by Gasteiger charge is 2.33. The number of carboxylic acid groups (broad SMARTS) is 1. The first-order valence-electron chi connectivity index (χ1n) is 7.56. The summed E-state index contributed by atoms with van der Waals surface area (Å²) in [5.74, 6) is -1.05. The van der Waals surface area contributed by atoms with E-state index in [9.17, 15) is 14.7 Å². The lowest BCUT2D eigenvalue weighted by molar-refractivity contribution is -0.143. The number of hydrogen-bond acceptors (Lipinski definition) is 2. The van der Waals surface area contributed by atoms with Crippen LogP contribution in [0.25, 0.3) is 0 Å². The lowest BCUT2D eigenvalue weighted by Crippen LogP contribution is -2.48. The number of carbonyl (C=O) groups excluding carboxylic acids is 1. The number of amides is 1. The van der Waals surface area contributed by atoms with Crippen molar-refractivity contribution in [3.8, 4) is 0 Å². The Hall–Kier alpha value is -1.78. The molecule has 1 aliphatic rings. The molecule has 0 aliphatic carbocycles. The maximum atomic E-state index is 12.8. The van der Waals surface area contributed by atoms with Crippen LogP contribution in [0.4, 0.5) is 0 Å². The number of likely N-dealkylation sites (tertiary alicyclic amines) is 1. The summed E-state index contributed by atoms with van der Waals surface area (Å²) in [4.78, 5) is 25.7. The van der Waals surface area contributed by atoms with Gasteiger partial charge < -0.3 is 14.6 Å². The van der Waals surface area contributed by atoms with Gasteiger partial charge in [-0.3, -0.25) is 4.79 Å². The van der Waals surface area contributed by atoms with Crippen molar-refractivity contribution < 1.29 is 14.7 Å². The highest BCUT2D eigenvalue weighted by Crippen LogP contribution is 2.25. The van der Waals surface area contributed by atoms with E-state index in [2.05, 4.69) is 18.4 Å². The van der Waals surface area contributed by atoms with E-state index in [-0.39, 0.29) is 11.9 Å². The predicted octanol–water partition coefficient (Wildman–Crippen LogP) is 2.77. The Kier molecular flexibility index (Phi) is 4.40. The number of aromatic nitrogens is 1. The van der Waals surface area contributed by atoms with Crippen LogP contribution in [-0.2, 0) is 4.79 Å². The van der Waals surface area contributed by atoms with E-state index in [4.69, 9.17) is 0 Å². The van der Waals surface area contributed by atoms with Gasteiger partial charge in [0, 0.05) is 24.0 Å². The van der Waals surface area contributed by atoms with E-state index in [1.165, 1.54) is 4.90 Å². The monoisotopic (exact) mass is 292 g/mol. The van der Waals surface area contributed by atoms with Crippen LogP contribution in [0.2, 0.25) is 0 Å². The minimum atomic E-state index is -0.902. The maximum absolute atomic E-state index is 12.8. The van der Waals surface area contributed by atoms with Crippen LogP contribution in [0, 0.1) is 13.8 Å². The van der Waals surface area contributed by atoms with Crippen molar-refractivity contribution in [3.05, 3.63) is 23.0 Å². The SMILES string of the molecule is Cc1cc(C(=O)N2CCCC[C@@H]2C(=O)O)c(C)n1C(C)C. The van der Waals surface area contributed by atoms with Gasteiger partial charge in [0.25, 0.3) is 5.91 Å². The van der Waals surface area contributed by atoms with Gasteiger partial charge in [0.15, 0.2) is 0 Å². The molecule has 0 radical (unpaired) electrons. The summed E-state index contributed by atoms with van der Waals surface area (Å²) in [5.41, 5.74) is 2.59. The molecule has 1 amide bonds. The number of hydrogen-bond donors (Lipinski definition) is 1. The van der Waals surface area contributed by atoms with Crippen LogP contribution in [0.5, 0.6) is 0 Å². The number of carboxylic acids is 1. The molecule has 2 rings (SSSR count). The summed E-state index contributed by atoms with van der Waals surface area (Å²) in [6.07, 6.45) is 2.29. The largest absolute Gasteiger partial charge is 0.480 e. The molecule has 1 saturated heterocycles. The third kappa shape index (κ3) is 2.82. The smallest absolute Gasteiger partial charge is 0.326 e. The van der Waals surface area contributed by atoms with Crippen LogP contribution in [0.3, 0.4) is 0 Å². The molecule has 1 aromatic heterocycles. The van der Waals surface area contributed by atoms with Crippen LogP contribution in [-0.4, -0.2) is 39.0 Å². The summed E-state index contributed by atoms with van der Waals surface area (Å²) in [5, 5.41) is 9.32. The quantitative estimate of drug-likeness (QED) is 0.931. The standard InChI is InChI=1S/C16H24N2O3/c1-10(2)18-11(3)9-13(12(18)4)15(19)17-8-6-5-7-14(17)16(20)21/h9-10,14H,5-8H2,1-4H3,(H,20,21)/t14-/m1/s1. The van der Waals surface area contributed by atoms with Crippen LogP contribution in [0.1, 0.15) is 60.9 Å². The molecule has 0 saturated carbocycles. The molecule has 2 heterocycles. The fourth-order valence-corrected chi connectivity index (χ4v) is 3.37. The molecule has 116 valence electrons. The van der Waals surface area contributed by atoms with Crippen LogP contribution < -0.4 is 0 Å². The number of carbonyl (C=O) groups is 2. The number of nitrogens with zero attached hydrogens (tertiary/aromatic N) is 2. The Morgan fingerprint density at radius 3 is 2.48 bits per heavy atom. The number of rotatable bonds is 3. The average molecular weight is 292 g/mol. The Balaban J connectivity index is 2.35. The molecular formula is C16H24N2O3. The van der Waals surface area contributed by atoms with Crippen molar-refractivity contribution in [2.45, 2.75) is 59.0 Å². The lowest BCUT2D eigenvalue weighted by Gasteiger charge is -2.33. The normalized spacial score (nSPS) is 19.1. The molecule has 0 aromatic carbocycles. The molecule has 0 bridgehead atoms. The van der Waals surface area contributed by atoms with Gasteiger partial charge in [-0.1, -0.05) is 0 Å². The number of aliphatic carboxylic acids is 1. The van der Waals surface area contributed by atoms with E-state index in [1.54, 1.807) is 0 Å². The Morgan fingerprint density at radius 2 is 1.95 bits per heavy atom. The van der Waals surface area contributed by atoms with Crippen molar-refractivity contribution in [1.29, 1.82) is 0 Å². The lowest BCUT2D eigenvalue weighted by atomic mass is 10.0. The Bertz CT molecular complexity index is 560. The van der Waals surface area contributed by atoms with Crippen molar-refractivity contribution in [2.75, 3.05) is 6.54 Å². The first kappa shape index (κ1) is 15.6. The molecule has 0 spiro atoms. The van der Waals surface area contributed by atoms with E-state index in [0.29, 0.717) is 18.5 Å². The molecule has 1 aromatic rings. The highest BCUT2D eigenvalue weighted by molar-refractivity contribution is 5.98. The molecule has 1 N–H and O–H groups in total. The van der Waals surface area contributed by atoms with Crippen molar-refractivity contribution in [2.24, 2.45) is 0 Å². The summed E-state index contributed by atoms with van der Waals surface area (Å²) in [6.45, 7) is 8.60. The van der Waals surface area contributed by atoms with Gasteiger partial charge in [0.1, 0.15) is 6.04 Å². The third-order valence-electron chi connectivity index (χ3n) is 4.28. The fraction of sp³-hybridized carbons (Fsp3) is 0.625. The second kappa shape index (κ2) is 5.92. The minimum absolute atomic E-state index is 0.151. The topological polar surface area (TPSA) is 62.5 Å². The zero-order valence-electron chi connectivity index (χ0n) is 13.2. The Labute approximate surface area is 125 Å². The van der Waals surface area contributed by atoms with E-state index < -0.39 is 12.0 Å². The van der Waals surface area contributed by atoms with E-state index in [1.807, 2.05) is 19.9 Å². The fourth-order valence-electron chi connectivity index (χ4n) is 3.37. The molecule has 5 heteroatoms. The number of aryl methyl sites for hydroxylation is 1. The van der Waals surface area contributed by atoms with Gasteiger partial charge in [-0.2, -0.15) is 0 Å². The van der Waals surface area contributed by atoms with E-state index in [0.717, 1.165) is 24.2 Å². The van der Waals surface area contributed by atoms with Crippen molar-refractivity contribution in [1.82, 2.24) is 9.47 Å². The first-order chi connectivity index (χ1) is 9.84. The van der Waals surface area contributed by atoms with E-state index >= 15 is 0 Å². The molecule has 1 atom stereocenters. The molecular weight excluding hydrogens is 268 g/mol. The molecule has 1 fully saturated rings. The Morgan fingerprint density at radius 1 is 1.29 bits per heavy atom. The molecule has 0 unspecified atom stereocenters. The first-order valence-corrected chi connectivity index (χ1v) is 7.56. The highest BCUT2D eigenvalue weighted by atomic mass is 16.4. The molecule has 1 aliphatic heterocycles. The summed E-state index contributed by atoms with van der Waals surface area (Å²) in [6, 6.07) is 1.47. The minimum Gasteiger partial charge on any atom is -0.480 e. The van der Waals surface area contributed by atoms with Gasteiger partial charge in [-0.05, 0) is 53.0 Å². The molecule has 5 nitrogen and oxygen atoms in total. The zero-order chi connectivity index (χ0) is 15.7.